The lowest BCUT2D eigenvalue weighted by atomic mass is 10.2. The largest absolute Gasteiger partial charge is 0.398 e. The highest BCUT2D eigenvalue weighted by atomic mass is 79.9. The van der Waals surface area contributed by atoms with Crippen molar-refractivity contribution < 1.29 is 8.42 Å². The molecule has 0 saturated heterocycles. The molecule has 20 heavy (non-hydrogen) atoms. The van der Waals surface area contributed by atoms with Gasteiger partial charge in [-0.25, -0.2) is 8.42 Å². The SMILES string of the molecule is Cc1c(N)cc(Br)cc1S(=O)(=O)N(C)c1cccnc1. The number of sulfonamides is 1. The zero-order valence-electron chi connectivity index (χ0n) is 11.0. The summed E-state index contributed by atoms with van der Waals surface area (Å²) in [4.78, 5) is 4.11. The van der Waals surface area contributed by atoms with Gasteiger partial charge in [0.15, 0.2) is 0 Å². The van der Waals surface area contributed by atoms with Crippen molar-refractivity contribution in [3.8, 4) is 0 Å². The fourth-order valence-corrected chi connectivity index (χ4v) is 3.86. The van der Waals surface area contributed by atoms with Gasteiger partial charge in [-0.1, -0.05) is 15.9 Å². The number of nitrogen functional groups attached to an aromatic ring is 1. The molecule has 0 fully saturated rings. The van der Waals surface area contributed by atoms with Crippen LogP contribution >= 0.6 is 15.9 Å². The first-order chi connectivity index (χ1) is 9.34. The summed E-state index contributed by atoms with van der Waals surface area (Å²) in [5, 5.41) is 0. The molecule has 0 aliphatic rings. The van der Waals surface area contributed by atoms with Crippen LogP contribution in [0.15, 0.2) is 46.0 Å². The van der Waals surface area contributed by atoms with E-state index in [-0.39, 0.29) is 4.90 Å². The number of nitrogens with zero attached hydrogens (tertiary/aromatic N) is 2. The summed E-state index contributed by atoms with van der Waals surface area (Å²) in [5.74, 6) is 0. The number of aromatic nitrogens is 1. The Labute approximate surface area is 126 Å². The van der Waals surface area contributed by atoms with Crippen LogP contribution in [0, 0.1) is 6.92 Å². The number of anilines is 2. The van der Waals surface area contributed by atoms with Gasteiger partial charge in [0.2, 0.25) is 0 Å². The molecule has 1 aromatic heterocycles. The molecule has 0 radical (unpaired) electrons. The molecule has 0 amide bonds. The lowest BCUT2D eigenvalue weighted by Gasteiger charge is -2.21. The highest BCUT2D eigenvalue weighted by Gasteiger charge is 2.24. The van der Waals surface area contributed by atoms with E-state index in [0.717, 1.165) is 0 Å². The van der Waals surface area contributed by atoms with Crippen molar-refractivity contribution in [2.45, 2.75) is 11.8 Å². The van der Waals surface area contributed by atoms with Gasteiger partial charge in [0.05, 0.1) is 16.8 Å². The van der Waals surface area contributed by atoms with Crippen molar-refractivity contribution >= 4 is 37.3 Å². The highest BCUT2D eigenvalue weighted by molar-refractivity contribution is 9.10. The van der Waals surface area contributed by atoms with Crippen molar-refractivity contribution in [2.24, 2.45) is 0 Å². The molecule has 2 aromatic rings. The molecule has 5 nitrogen and oxygen atoms in total. The minimum atomic E-state index is -3.68. The number of halogens is 1. The summed E-state index contributed by atoms with van der Waals surface area (Å²) in [6.07, 6.45) is 3.08. The average Bonchev–Trinajstić information content (AvgIpc) is 2.42. The predicted molar refractivity (Wildman–Crippen MR) is 83.1 cm³/mol. The number of nitrogens with two attached hydrogens (primary N) is 1. The van der Waals surface area contributed by atoms with Crippen LogP contribution in [-0.4, -0.2) is 20.4 Å². The number of hydrogen-bond donors (Lipinski definition) is 1. The van der Waals surface area contributed by atoms with E-state index in [4.69, 9.17) is 5.73 Å². The first-order valence-electron chi connectivity index (χ1n) is 5.78. The number of hydrogen-bond acceptors (Lipinski definition) is 4. The smallest absolute Gasteiger partial charge is 0.264 e. The maximum atomic E-state index is 12.7. The Bertz CT molecular complexity index is 733. The van der Waals surface area contributed by atoms with Crippen molar-refractivity contribution in [3.05, 3.63) is 46.7 Å². The minimum absolute atomic E-state index is 0.177. The van der Waals surface area contributed by atoms with Crippen molar-refractivity contribution in [1.82, 2.24) is 4.98 Å². The average molecular weight is 356 g/mol. The molecule has 0 saturated carbocycles. The van der Waals surface area contributed by atoms with E-state index in [1.54, 1.807) is 37.4 Å². The van der Waals surface area contributed by atoms with Crippen molar-refractivity contribution in [2.75, 3.05) is 17.1 Å². The van der Waals surface area contributed by atoms with Crippen LogP contribution in [0.5, 0.6) is 0 Å². The summed E-state index contributed by atoms with van der Waals surface area (Å²) < 4.78 is 27.2. The molecule has 0 atom stereocenters. The van der Waals surface area contributed by atoms with Gasteiger partial charge in [0.1, 0.15) is 0 Å². The third-order valence-electron chi connectivity index (χ3n) is 3.01. The van der Waals surface area contributed by atoms with Gasteiger partial charge in [-0.3, -0.25) is 9.29 Å². The molecule has 0 aliphatic heterocycles. The summed E-state index contributed by atoms with van der Waals surface area (Å²) in [6, 6.07) is 6.59. The first-order valence-corrected chi connectivity index (χ1v) is 8.02. The van der Waals surface area contributed by atoms with E-state index in [1.165, 1.54) is 17.5 Å². The molecule has 0 bridgehead atoms. The molecule has 0 unspecified atom stereocenters. The van der Waals surface area contributed by atoms with E-state index in [1.807, 2.05) is 0 Å². The van der Waals surface area contributed by atoms with Crippen LogP contribution in [0.25, 0.3) is 0 Å². The molecule has 2 N–H and O–H groups in total. The van der Waals surface area contributed by atoms with Crippen LogP contribution < -0.4 is 10.0 Å². The van der Waals surface area contributed by atoms with Crippen molar-refractivity contribution in [3.63, 3.8) is 0 Å². The van der Waals surface area contributed by atoms with Crippen LogP contribution in [0.4, 0.5) is 11.4 Å². The quantitative estimate of drug-likeness (QED) is 0.858. The third-order valence-corrected chi connectivity index (χ3v) is 5.38. The zero-order valence-corrected chi connectivity index (χ0v) is 13.4. The van der Waals surface area contributed by atoms with Gasteiger partial charge in [-0.2, -0.15) is 0 Å². The van der Waals surface area contributed by atoms with Gasteiger partial charge in [0.25, 0.3) is 10.0 Å². The van der Waals surface area contributed by atoms with Gasteiger partial charge < -0.3 is 5.73 Å². The normalized spacial score (nSPS) is 11.3. The third kappa shape index (κ3) is 2.64. The van der Waals surface area contributed by atoms with E-state index >= 15 is 0 Å². The van der Waals surface area contributed by atoms with Crippen LogP contribution in [0.2, 0.25) is 0 Å². The molecular formula is C13H14BrN3O2S. The molecule has 106 valence electrons. The number of benzene rings is 1. The second-order valence-corrected chi connectivity index (χ2v) is 7.16. The second-order valence-electron chi connectivity index (χ2n) is 4.30. The number of rotatable bonds is 3. The Balaban J connectivity index is 2.57. The van der Waals surface area contributed by atoms with Crippen molar-refractivity contribution in [1.29, 1.82) is 0 Å². The summed E-state index contributed by atoms with van der Waals surface area (Å²) in [7, 11) is -2.20. The maximum Gasteiger partial charge on any atom is 0.264 e. The first kappa shape index (κ1) is 14.8. The Kier molecular flexibility index (Phi) is 4.01. The molecule has 0 spiro atoms. The topological polar surface area (TPSA) is 76.3 Å². The van der Waals surface area contributed by atoms with Gasteiger partial charge in [0, 0.05) is 23.4 Å². The molecule has 7 heteroatoms. The van der Waals surface area contributed by atoms with Gasteiger partial charge in [-0.15, -0.1) is 0 Å². The fraction of sp³-hybridized carbons (Fsp3) is 0.154. The van der Waals surface area contributed by atoms with E-state index in [9.17, 15) is 8.42 Å². The Morgan fingerprint density at radius 3 is 2.65 bits per heavy atom. The Hall–Kier alpha value is -1.60. The summed E-state index contributed by atoms with van der Waals surface area (Å²) in [5.41, 5.74) is 7.28. The number of pyridine rings is 1. The molecule has 1 heterocycles. The molecule has 2 rings (SSSR count). The predicted octanol–water partition coefficient (Wildman–Crippen LogP) is 2.56. The van der Waals surface area contributed by atoms with Gasteiger partial charge >= 0.3 is 0 Å². The van der Waals surface area contributed by atoms with Crippen LogP contribution in [0.3, 0.4) is 0 Å². The molecular weight excluding hydrogens is 342 g/mol. The van der Waals surface area contributed by atoms with Crippen LogP contribution in [0.1, 0.15) is 5.56 Å². The second kappa shape index (κ2) is 5.41. The van der Waals surface area contributed by atoms with Gasteiger partial charge in [-0.05, 0) is 36.8 Å². The molecule has 1 aromatic carbocycles. The molecule has 0 aliphatic carbocycles. The van der Waals surface area contributed by atoms with Crippen LogP contribution in [-0.2, 0) is 10.0 Å². The standard InChI is InChI=1S/C13H14BrN3O2S/c1-9-12(15)6-10(14)7-13(9)20(18,19)17(2)11-4-3-5-16-8-11/h3-8H,15H2,1-2H3. The maximum absolute atomic E-state index is 12.7. The highest BCUT2D eigenvalue weighted by Crippen LogP contribution is 2.29. The minimum Gasteiger partial charge on any atom is -0.398 e. The van der Waals surface area contributed by atoms with E-state index < -0.39 is 10.0 Å². The fourth-order valence-electron chi connectivity index (χ4n) is 1.77. The van der Waals surface area contributed by atoms with E-state index in [0.29, 0.717) is 21.4 Å². The van der Waals surface area contributed by atoms with E-state index in [2.05, 4.69) is 20.9 Å². The Morgan fingerprint density at radius 2 is 2.05 bits per heavy atom. The Morgan fingerprint density at radius 1 is 1.35 bits per heavy atom. The lowest BCUT2D eigenvalue weighted by molar-refractivity contribution is 0.593. The monoisotopic (exact) mass is 355 g/mol. The summed E-state index contributed by atoms with van der Waals surface area (Å²) >= 11 is 3.27. The lowest BCUT2D eigenvalue weighted by Crippen LogP contribution is -2.27. The summed E-state index contributed by atoms with van der Waals surface area (Å²) in [6.45, 7) is 1.69. The zero-order chi connectivity index (χ0) is 14.9.